The smallest absolute Gasteiger partial charge is 0.242 e. The van der Waals surface area contributed by atoms with Crippen molar-refractivity contribution in [1.29, 1.82) is 0 Å². The molecule has 23 heavy (non-hydrogen) atoms. The molecule has 1 aromatic rings. The number of aryl methyl sites for hydroxylation is 1. The summed E-state index contributed by atoms with van der Waals surface area (Å²) < 4.78 is 24.9. The van der Waals surface area contributed by atoms with Crippen molar-refractivity contribution in [3.05, 3.63) is 28.3 Å². The van der Waals surface area contributed by atoms with Crippen LogP contribution in [0.3, 0.4) is 0 Å². The van der Waals surface area contributed by atoms with E-state index in [0.29, 0.717) is 30.8 Å². The molecule has 1 aliphatic heterocycles. The predicted octanol–water partition coefficient (Wildman–Crippen LogP) is 2.83. The quantitative estimate of drug-likeness (QED) is 0.880. The number of rotatable bonds is 5. The van der Waals surface area contributed by atoms with Crippen molar-refractivity contribution in [2.45, 2.75) is 45.6 Å². The maximum Gasteiger partial charge on any atom is 0.242 e. The molecule has 1 aliphatic rings. The number of amides is 1. The average Bonchev–Trinajstić information content (AvgIpc) is 2.97. The maximum atomic E-state index is 12.7. The number of hydrogen-bond acceptors (Lipinski definition) is 3. The number of nitrogens with one attached hydrogen (secondary N) is 1. The highest BCUT2D eigenvalue weighted by molar-refractivity contribution is 7.88. The van der Waals surface area contributed by atoms with Gasteiger partial charge in [-0.15, -0.1) is 0 Å². The van der Waals surface area contributed by atoms with Crippen molar-refractivity contribution in [2.24, 2.45) is 0 Å². The van der Waals surface area contributed by atoms with E-state index in [9.17, 15) is 13.2 Å². The highest BCUT2D eigenvalue weighted by Gasteiger charge is 2.36. The number of carbonyl (C=O) groups is 1. The molecule has 0 spiro atoms. The molecule has 1 N–H and O–H groups in total. The Bertz CT molecular complexity index is 704. The number of benzene rings is 1. The number of anilines is 1. The third-order valence-electron chi connectivity index (χ3n) is 4.26. The van der Waals surface area contributed by atoms with Gasteiger partial charge in [0.05, 0.1) is 6.26 Å². The van der Waals surface area contributed by atoms with Crippen LogP contribution in [0.5, 0.6) is 0 Å². The van der Waals surface area contributed by atoms with Crippen LogP contribution >= 0.6 is 11.6 Å². The maximum absolute atomic E-state index is 12.7. The molecule has 1 atom stereocenters. The lowest BCUT2D eigenvalue weighted by molar-refractivity contribution is -0.119. The number of hydrogen-bond donors (Lipinski definition) is 1. The first-order chi connectivity index (χ1) is 10.8. The van der Waals surface area contributed by atoms with Gasteiger partial charge in [0, 0.05) is 17.3 Å². The summed E-state index contributed by atoms with van der Waals surface area (Å²) in [5, 5.41) is 3.55. The van der Waals surface area contributed by atoms with Gasteiger partial charge >= 0.3 is 0 Å². The summed E-state index contributed by atoms with van der Waals surface area (Å²) in [5.41, 5.74) is 2.62. The Morgan fingerprint density at radius 1 is 1.35 bits per heavy atom. The molecule has 1 fully saturated rings. The minimum atomic E-state index is -3.38. The minimum Gasteiger partial charge on any atom is -0.324 e. The molecule has 0 aliphatic carbocycles. The van der Waals surface area contributed by atoms with Gasteiger partial charge in [0.25, 0.3) is 0 Å². The van der Waals surface area contributed by atoms with Crippen molar-refractivity contribution < 1.29 is 13.2 Å². The fourth-order valence-electron chi connectivity index (χ4n) is 3.07. The summed E-state index contributed by atoms with van der Waals surface area (Å²) in [6, 6.07) is 3.10. The van der Waals surface area contributed by atoms with Crippen molar-refractivity contribution in [2.75, 3.05) is 18.1 Å². The standard InChI is InChI=1S/C16H23ClN2O3S/c1-4-11-8-9-13(17)12(5-2)15(11)18-16(20)14-7-6-10-19(14)23(3,21)22/h8-9,14H,4-7,10H2,1-3H3,(H,18,20)/t14-/m0/s1. The monoisotopic (exact) mass is 358 g/mol. The van der Waals surface area contributed by atoms with Gasteiger partial charge in [0.1, 0.15) is 6.04 Å². The van der Waals surface area contributed by atoms with Gasteiger partial charge in [-0.25, -0.2) is 8.42 Å². The average molecular weight is 359 g/mol. The van der Waals surface area contributed by atoms with Crippen LogP contribution in [0.25, 0.3) is 0 Å². The summed E-state index contributed by atoms with van der Waals surface area (Å²) in [5.74, 6) is -0.278. The van der Waals surface area contributed by atoms with Crippen LogP contribution in [-0.4, -0.2) is 37.5 Å². The summed E-state index contributed by atoms with van der Waals surface area (Å²) in [7, 11) is -3.38. The van der Waals surface area contributed by atoms with Crippen LogP contribution in [-0.2, 0) is 27.7 Å². The van der Waals surface area contributed by atoms with E-state index >= 15 is 0 Å². The second-order valence-corrected chi connectivity index (χ2v) is 8.13. The zero-order chi connectivity index (χ0) is 17.2. The van der Waals surface area contributed by atoms with E-state index in [2.05, 4.69) is 5.32 Å². The molecule has 0 radical (unpaired) electrons. The van der Waals surface area contributed by atoms with Crippen molar-refractivity contribution in [3.63, 3.8) is 0 Å². The molecule has 5 nitrogen and oxygen atoms in total. The Morgan fingerprint density at radius 2 is 2.04 bits per heavy atom. The Hall–Kier alpha value is -1.11. The third kappa shape index (κ3) is 3.87. The van der Waals surface area contributed by atoms with E-state index in [1.165, 1.54) is 4.31 Å². The van der Waals surface area contributed by atoms with Gasteiger partial charge in [-0.05, 0) is 42.9 Å². The van der Waals surface area contributed by atoms with E-state index in [1.54, 1.807) is 0 Å². The lowest BCUT2D eigenvalue weighted by atomic mass is 10.0. The first kappa shape index (κ1) is 18.2. The summed E-state index contributed by atoms with van der Waals surface area (Å²) in [6.45, 7) is 4.39. The molecule has 1 amide bonds. The largest absolute Gasteiger partial charge is 0.324 e. The second-order valence-electron chi connectivity index (χ2n) is 5.79. The van der Waals surface area contributed by atoms with E-state index < -0.39 is 16.1 Å². The van der Waals surface area contributed by atoms with Crippen LogP contribution in [0.15, 0.2) is 12.1 Å². The van der Waals surface area contributed by atoms with E-state index in [1.807, 2.05) is 26.0 Å². The zero-order valence-electron chi connectivity index (χ0n) is 13.7. The van der Waals surface area contributed by atoms with Gasteiger partial charge in [-0.1, -0.05) is 31.5 Å². The number of halogens is 1. The van der Waals surface area contributed by atoms with E-state index in [4.69, 9.17) is 11.6 Å². The van der Waals surface area contributed by atoms with E-state index in [0.717, 1.165) is 29.5 Å². The molecule has 0 bridgehead atoms. The molecule has 1 heterocycles. The highest BCUT2D eigenvalue weighted by Crippen LogP contribution is 2.30. The number of nitrogens with zero attached hydrogens (tertiary/aromatic N) is 1. The Labute approximate surface area is 143 Å². The van der Waals surface area contributed by atoms with Crippen molar-refractivity contribution >= 4 is 33.2 Å². The van der Waals surface area contributed by atoms with Gasteiger partial charge in [-0.3, -0.25) is 4.79 Å². The second kappa shape index (κ2) is 7.20. The Morgan fingerprint density at radius 3 is 2.61 bits per heavy atom. The SMILES string of the molecule is CCc1ccc(Cl)c(CC)c1NC(=O)[C@@H]1CCCN1S(C)(=O)=O. The Balaban J connectivity index is 2.32. The first-order valence-corrected chi connectivity index (χ1v) is 10.1. The fraction of sp³-hybridized carbons (Fsp3) is 0.562. The van der Waals surface area contributed by atoms with Crippen molar-refractivity contribution in [3.8, 4) is 0 Å². The zero-order valence-corrected chi connectivity index (χ0v) is 15.3. The van der Waals surface area contributed by atoms with Crippen LogP contribution < -0.4 is 5.32 Å². The van der Waals surface area contributed by atoms with Gasteiger partial charge < -0.3 is 5.32 Å². The molecular formula is C16H23ClN2O3S. The first-order valence-electron chi connectivity index (χ1n) is 7.87. The van der Waals surface area contributed by atoms with Gasteiger partial charge in [0.15, 0.2) is 0 Å². The lowest BCUT2D eigenvalue weighted by Gasteiger charge is -2.23. The minimum absolute atomic E-state index is 0.278. The molecule has 0 saturated carbocycles. The molecule has 1 saturated heterocycles. The summed E-state index contributed by atoms with van der Waals surface area (Å²) in [6.07, 6.45) is 3.85. The normalized spacial score (nSPS) is 19.0. The fourth-order valence-corrected chi connectivity index (χ4v) is 4.49. The number of carbonyl (C=O) groups excluding carboxylic acids is 1. The van der Waals surface area contributed by atoms with Crippen LogP contribution in [0.2, 0.25) is 5.02 Å². The summed E-state index contributed by atoms with van der Waals surface area (Å²) in [4.78, 5) is 12.7. The van der Waals surface area contributed by atoms with Gasteiger partial charge in [0.2, 0.25) is 15.9 Å². The number of sulfonamides is 1. The molecule has 1 aromatic carbocycles. The molecule has 0 unspecified atom stereocenters. The third-order valence-corrected chi connectivity index (χ3v) is 5.90. The van der Waals surface area contributed by atoms with Crippen LogP contribution in [0, 0.1) is 0 Å². The lowest BCUT2D eigenvalue weighted by Crippen LogP contribution is -2.42. The molecular weight excluding hydrogens is 336 g/mol. The Kier molecular flexibility index (Phi) is 5.70. The summed E-state index contributed by atoms with van der Waals surface area (Å²) >= 11 is 6.25. The highest BCUT2D eigenvalue weighted by atomic mass is 35.5. The van der Waals surface area contributed by atoms with Crippen LogP contribution in [0.4, 0.5) is 5.69 Å². The van der Waals surface area contributed by atoms with Gasteiger partial charge in [-0.2, -0.15) is 4.31 Å². The van der Waals surface area contributed by atoms with Crippen LogP contribution in [0.1, 0.15) is 37.8 Å². The van der Waals surface area contributed by atoms with E-state index in [-0.39, 0.29) is 5.91 Å². The molecule has 128 valence electrons. The molecule has 7 heteroatoms. The predicted molar refractivity (Wildman–Crippen MR) is 93.4 cm³/mol. The molecule has 0 aromatic heterocycles. The topological polar surface area (TPSA) is 66.5 Å². The van der Waals surface area contributed by atoms with Crippen molar-refractivity contribution in [1.82, 2.24) is 4.31 Å². The molecule has 2 rings (SSSR count).